The molecule has 2 saturated carbocycles. The summed E-state index contributed by atoms with van der Waals surface area (Å²) in [6.45, 7) is 9.75. The second-order valence-corrected chi connectivity index (χ2v) is 10.5. The molecule has 0 aliphatic heterocycles. The van der Waals surface area contributed by atoms with E-state index in [1.807, 2.05) is 0 Å². The summed E-state index contributed by atoms with van der Waals surface area (Å²) in [6, 6.07) is 17.5. The van der Waals surface area contributed by atoms with Gasteiger partial charge < -0.3 is 0 Å². The maximum Gasteiger partial charge on any atom is 0.0421 e. The molecule has 2 heteroatoms. The molecule has 1 aromatic heterocycles. The minimum atomic E-state index is 0.250. The van der Waals surface area contributed by atoms with E-state index in [0.29, 0.717) is 10.8 Å². The Morgan fingerprint density at radius 2 is 1.81 bits per heavy atom. The van der Waals surface area contributed by atoms with E-state index >= 15 is 0 Å². The Morgan fingerprint density at radius 1 is 1.04 bits per heavy atom. The molecule has 1 nitrogen and oxygen atoms in total. The summed E-state index contributed by atoms with van der Waals surface area (Å²) in [6.07, 6.45) is 5.24. The molecule has 138 valence electrons. The fourth-order valence-electron chi connectivity index (χ4n) is 5.92. The van der Waals surface area contributed by atoms with Crippen LogP contribution in [0, 0.1) is 23.7 Å². The molecule has 1 aromatic carbocycles. The molecule has 2 bridgehead atoms. The third kappa shape index (κ3) is 2.72. The second kappa shape index (κ2) is 6.41. The molecule has 2 aromatic rings. The van der Waals surface area contributed by atoms with E-state index in [1.165, 1.54) is 30.5 Å². The fourth-order valence-corrected chi connectivity index (χ4v) is 7.85. The van der Waals surface area contributed by atoms with Gasteiger partial charge in [-0.2, -0.15) is 0 Å². The highest BCUT2D eigenvalue weighted by Crippen LogP contribution is 2.73. The largest absolute Gasteiger partial charge is 0.258 e. The lowest BCUT2D eigenvalue weighted by Crippen LogP contribution is -2.53. The molecule has 2 fully saturated rings. The van der Waals surface area contributed by atoms with E-state index in [-0.39, 0.29) is 4.75 Å². The Kier molecular flexibility index (Phi) is 4.46. The van der Waals surface area contributed by atoms with Crippen LogP contribution in [0.5, 0.6) is 0 Å². The summed E-state index contributed by atoms with van der Waals surface area (Å²) in [5.41, 5.74) is 4.59. The number of aryl methyl sites for hydroxylation is 1. The minimum Gasteiger partial charge on any atom is -0.258 e. The van der Waals surface area contributed by atoms with Gasteiger partial charge in [-0.1, -0.05) is 57.2 Å². The summed E-state index contributed by atoms with van der Waals surface area (Å²) in [4.78, 5) is 4.90. The molecule has 2 aliphatic carbocycles. The Balaban J connectivity index is 1.72. The number of hydrogen-bond acceptors (Lipinski definition) is 2. The van der Waals surface area contributed by atoms with Crippen molar-refractivity contribution in [2.75, 3.05) is 0 Å². The van der Waals surface area contributed by atoms with E-state index in [4.69, 9.17) is 4.98 Å². The van der Waals surface area contributed by atoms with Crippen molar-refractivity contribution < 1.29 is 0 Å². The number of fused-ring (bicyclic) bond motifs is 2. The van der Waals surface area contributed by atoms with Crippen molar-refractivity contribution in [3.05, 3.63) is 65.5 Å². The average Bonchev–Trinajstić information content (AvgIpc) is 3.09. The Bertz CT molecular complexity index is 777. The Hall–Kier alpha value is -1.28. The van der Waals surface area contributed by atoms with Crippen LogP contribution in [0.1, 0.15) is 57.0 Å². The number of nitrogens with zero attached hydrogens (tertiary/aromatic N) is 1. The van der Waals surface area contributed by atoms with E-state index < -0.39 is 0 Å². The first-order valence-electron chi connectivity index (χ1n) is 9.97. The topological polar surface area (TPSA) is 12.9 Å². The van der Waals surface area contributed by atoms with Crippen LogP contribution in [0.2, 0.25) is 0 Å². The zero-order valence-electron chi connectivity index (χ0n) is 16.6. The van der Waals surface area contributed by atoms with Crippen LogP contribution in [0.15, 0.2) is 48.5 Å². The van der Waals surface area contributed by atoms with Crippen LogP contribution in [-0.4, -0.2) is 9.73 Å². The lowest BCUT2D eigenvalue weighted by atomic mass is 9.61. The summed E-state index contributed by atoms with van der Waals surface area (Å²) >= 11 is 2.21. The predicted octanol–water partition coefficient (Wildman–Crippen LogP) is 6.45. The SMILES string of the molecule is Cc1cccc(C[C@@]2(SCc3ccccc3)C(C)(C)[C@@H]3CC[C@@]2(C)C3)n1. The second-order valence-electron chi connectivity index (χ2n) is 9.27. The van der Waals surface area contributed by atoms with Gasteiger partial charge in [-0.25, -0.2) is 0 Å². The molecule has 4 rings (SSSR count). The molecular formula is C24H31NS. The van der Waals surface area contributed by atoms with Gasteiger partial charge in [-0.15, -0.1) is 11.8 Å². The molecule has 2 aliphatic rings. The van der Waals surface area contributed by atoms with Gasteiger partial charge in [0, 0.05) is 28.3 Å². The molecule has 3 atom stereocenters. The van der Waals surface area contributed by atoms with Crippen LogP contribution < -0.4 is 0 Å². The fraction of sp³-hybridized carbons (Fsp3) is 0.542. The third-order valence-corrected chi connectivity index (χ3v) is 9.62. The maximum atomic E-state index is 4.90. The summed E-state index contributed by atoms with van der Waals surface area (Å²) < 4.78 is 0.250. The van der Waals surface area contributed by atoms with Gasteiger partial charge in [0.2, 0.25) is 0 Å². The van der Waals surface area contributed by atoms with Crippen molar-refractivity contribution in [3.63, 3.8) is 0 Å². The van der Waals surface area contributed by atoms with Gasteiger partial charge in [0.1, 0.15) is 0 Å². The van der Waals surface area contributed by atoms with Crippen molar-refractivity contribution in [2.45, 2.75) is 63.9 Å². The number of aromatic nitrogens is 1. The van der Waals surface area contributed by atoms with Gasteiger partial charge in [-0.05, 0) is 60.6 Å². The smallest absolute Gasteiger partial charge is 0.0421 e. The normalized spacial score (nSPS) is 32.1. The highest BCUT2D eigenvalue weighted by Gasteiger charge is 2.68. The zero-order valence-corrected chi connectivity index (χ0v) is 17.4. The van der Waals surface area contributed by atoms with E-state index in [2.05, 4.69) is 88.0 Å². The van der Waals surface area contributed by atoms with Gasteiger partial charge in [0.05, 0.1) is 0 Å². The lowest BCUT2D eigenvalue weighted by Gasteiger charge is -2.54. The van der Waals surface area contributed by atoms with Crippen LogP contribution in [-0.2, 0) is 12.2 Å². The van der Waals surface area contributed by atoms with E-state index in [9.17, 15) is 0 Å². The highest BCUT2D eigenvalue weighted by molar-refractivity contribution is 8.00. The van der Waals surface area contributed by atoms with Gasteiger partial charge in [-0.3, -0.25) is 4.98 Å². The standard InChI is InChI=1S/C24H31NS/c1-18-9-8-12-21(25-18)16-24(26-17-19-10-6-5-7-11-19)22(2,3)20-13-14-23(24,4)15-20/h5-12,20H,13-17H2,1-4H3/t20-,23+,24-/m1/s1. The Labute approximate surface area is 163 Å². The number of rotatable bonds is 5. The number of hydrogen-bond donors (Lipinski definition) is 0. The quantitative estimate of drug-likeness (QED) is 0.604. The maximum absolute atomic E-state index is 4.90. The van der Waals surface area contributed by atoms with Gasteiger partial charge in [0.25, 0.3) is 0 Å². The number of thioether (sulfide) groups is 1. The van der Waals surface area contributed by atoms with E-state index in [1.54, 1.807) is 0 Å². The van der Waals surface area contributed by atoms with E-state index in [0.717, 1.165) is 23.8 Å². The first-order chi connectivity index (χ1) is 12.4. The summed E-state index contributed by atoms with van der Waals surface area (Å²) in [5.74, 6) is 1.94. The molecule has 26 heavy (non-hydrogen) atoms. The average molecular weight is 366 g/mol. The van der Waals surface area contributed by atoms with Gasteiger partial charge in [0.15, 0.2) is 0 Å². The molecule has 0 radical (unpaired) electrons. The zero-order chi connectivity index (χ0) is 18.4. The summed E-state index contributed by atoms with van der Waals surface area (Å²) in [5, 5.41) is 0. The molecule has 0 saturated heterocycles. The lowest BCUT2D eigenvalue weighted by molar-refractivity contribution is 0.107. The predicted molar refractivity (Wildman–Crippen MR) is 112 cm³/mol. The third-order valence-electron chi connectivity index (χ3n) is 7.48. The molecule has 0 unspecified atom stereocenters. The summed E-state index contributed by atoms with van der Waals surface area (Å²) in [7, 11) is 0. The first kappa shape index (κ1) is 18.1. The van der Waals surface area contributed by atoms with Crippen LogP contribution >= 0.6 is 11.8 Å². The molecule has 0 spiro atoms. The number of pyridine rings is 1. The molecule has 1 heterocycles. The Morgan fingerprint density at radius 3 is 2.46 bits per heavy atom. The monoisotopic (exact) mass is 365 g/mol. The molecule has 0 N–H and O–H groups in total. The first-order valence-corrected chi connectivity index (χ1v) is 11.0. The van der Waals surface area contributed by atoms with Crippen LogP contribution in [0.4, 0.5) is 0 Å². The number of benzene rings is 1. The van der Waals surface area contributed by atoms with Crippen molar-refractivity contribution in [1.29, 1.82) is 0 Å². The van der Waals surface area contributed by atoms with Crippen molar-refractivity contribution in [2.24, 2.45) is 16.7 Å². The minimum absolute atomic E-state index is 0.250. The van der Waals surface area contributed by atoms with Crippen molar-refractivity contribution >= 4 is 11.8 Å². The van der Waals surface area contributed by atoms with Crippen LogP contribution in [0.25, 0.3) is 0 Å². The van der Waals surface area contributed by atoms with Gasteiger partial charge >= 0.3 is 0 Å². The van der Waals surface area contributed by atoms with Crippen molar-refractivity contribution in [3.8, 4) is 0 Å². The molecular weight excluding hydrogens is 334 g/mol. The highest BCUT2D eigenvalue weighted by atomic mass is 32.2. The van der Waals surface area contributed by atoms with Crippen molar-refractivity contribution in [1.82, 2.24) is 4.98 Å². The molecule has 0 amide bonds. The van der Waals surface area contributed by atoms with Crippen LogP contribution in [0.3, 0.4) is 0 Å².